The molecule has 1 aromatic heterocycles. The fourth-order valence-corrected chi connectivity index (χ4v) is 3.64. The Morgan fingerprint density at radius 1 is 1.42 bits per heavy atom. The van der Waals surface area contributed by atoms with E-state index in [2.05, 4.69) is 10.1 Å². The molecule has 19 heavy (non-hydrogen) atoms. The van der Waals surface area contributed by atoms with Crippen LogP contribution in [-0.2, 0) is 26.3 Å². The Labute approximate surface area is 113 Å². The number of rotatable bonds is 8. The highest BCUT2D eigenvalue weighted by Gasteiger charge is 2.33. The largest absolute Gasteiger partial charge is 0.382 e. The van der Waals surface area contributed by atoms with Crippen LogP contribution in [0.15, 0.2) is 6.33 Å². The molecule has 1 aromatic rings. The number of nitrogens with zero attached hydrogens (tertiary/aromatic N) is 3. The molecule has 110 valence electrons. The van der Waals surface area contributed by atoms with Gasteiger partial charge in [0.2, 0.25) is 0 Å². The van der Waals surface area contributed by atoms with E-state index in [-0.39, 0.29) is 12.6 Å². The summed E-state index contributed by atoms with van der Waals surface area (Å²) in [5.41, 5.74) is -1.23. The molecule has 0 spiro atoms. The molecule has 0 aliphatic carbocycles. The van der Waals surface area contributed by atoms with Crippen molar-refractivity contribution in [1.82, 2.24) is 14.8 Å². The van der Waals surface area contributed by atoms with Crippen molar-refractivity contribution in [2.45, 2.75) is 32.8 Å². The molecule has 0 saturated heterocycles. The van der Waals surface area contributed by atoms with Gasteiger partial charge < -0.3 is 14.2 Å². The summed E-state index contributed by atoms with van der Waals surface area (Å²) in [7, 11) is -1.45. The lowest BCUT2D eigenvalue weighted by atomic mass is 10.0. The van der Waals surface area contributed by atoms with Crippen LogP contribution in [0.2, 0.25) is 0 Å². The Morgan fingerprint density at radius 2 is 2.00 bits per heavy atom. The highest BCUT2D eigenvalue weighted by atomic mass is 31.2. The van der Waals surface area contributed by atoms with Crippen LogP contribution in [-0.4, -0.2) is 39.2 Å². The summed E-state index contributed by atoms with van der Waals surface area (Å²) in [5.74, 6) is 0.423. The van der Waals surface area contributed by atoms with Gasteiger partial charge in [0.05, 0.1) is 19.4 Å². The number of hydrogen-bond acceptors (Lipinski definition) is 6. The minimum absolute atomic E-state index is 0.133. The van der Waals surface area contributed by atoms with Gasteiger partial charge in [-0.1, -0.05) is 0 Å². The van der Waals surface area contributed by atoms with Crippen LogP contribution < -0.4 is 0 Å². The molecule has 0 fully saturated rings. The molecule has 0 aliphatic heterocycles. The summed E-state index contributed by atoms with van der Waals surface area (Å²) in [6.45, 7) is 5.74. The van der Waals surface area contributed by atoms with Gasteiger partial charge in [0, 0.05) is 7.05 Å². The summed E-state index contributed by atoms with van der Waals surface area (Å²) in [5, 5.41) is 14.3. The standard InChI is InChI=1S/C11H22N3O4P/c1-5-17-19(16,18-6-2)8-7-11(3,15)10-12-9-13-14(10)4/h9,15H,5-8H2,1-4H3. The molecular weight excluding hydrogens is 269 g/mol. The second kappa shape index (κ2) is 6.61. The van der Waals surface area contributed by atoms with Crippen LogP contribution >= 0.6 is 7.60 Å². The van der Waals surface area contributed by atoms with Crippen LogP contribution in [0.5, 0.6) is 0 Å². The van der Waals surface area contributed by atoms with Crippen LogP contribution in [0.1, 0.15) is 33.0 Å². The number of aryl methyl sites for hydroxylation is 1. The van der Waals surface area contributed by atoms with Gasteiger partial charge in [0.1, 0.15) is 11.9 Å². The molecular formula is C11H22N3O4P. The minimum Gasteiger partial charge on any atom is -0.382 e. The molecule has 0 aromatic carbocycles. The molecule has 7 nitrogen and oxygen atoms in total. The minimum atomic E-state index is -3.15. The Balaban J connectivity index is 2.73. The third-order valence-corrected chi connectivity index (χ3v) is 4.79. The van der Waals surface area contributed by atoms with Crippen molar-refractivity contribution in [1.29, 1.82) is 0 Å². The zero-order chi connectivity index (χ0) is 14.5. The van der Waals surface area contributed by atoms with Gasteiger partial charge in [-0.3, -0.25) is 9.25 Å². The quantitative estimate of drug-likeness (QED) is 0.733. The van der Waals surface area contributed by atoms with Crippen molar-refractivity contribution in [3.8, 4) is 0 Å². The highest BCUT2D eigenvalue weighted by molar-refractivity contribution is 7.53. The second-order valence-corrected chi connectivity index (χ2v) is 6.59. The van der Waals surface area contributed by atoms with Gasteiger partial charge in [0.25, 0.3) is 0 Å². The van der Waals surface area contributed by atoms with Gasteiger partial charge >= 0.3 is 7.60 Å². The predicted octanol–water partition coefficient (Wildman–Crippen LogP) is 1.68. The van der Waals surface area contributed by atoms with Crippen LogP contribution in [0, 0.1) is 0 Å². The van der Waals surface area contributed by atoms with E-state index in [1.165, 1.54) is 11.0 Å². The monoisotopic (exact) mass is 291 g/mol. The third kappa shape index (κ3) is 4.38. The number of aliphatic hydroxyl groups is 1. The zero-order valence-corrected chi connectivity index (χ0v) is 12.8. The van der Waals surface area contributed by atoms with E-state index in [1.54, 1.807) is 27.8 Å². The Hall–Kier alpha value is -0.750. The topological polar surface area (TPSA) is 86.5 Å². The van der Waals surface area contributed by atoms with Gasteiger partial charge in [-0.05, 0) is 27.2 Å². The smallest absolute Gasteiger partial charge is 0.330 e. The van der Waals surface area contributed by atoms with Crippen LogP contribution in [0.3, 0.4) is 0 Å². The molecule has 1 unspecified atom stereocenters. The normalized spacial score (nSPS) is 15.4. The van der Waals surface area contributed by atoms with Crippen molar-refractivity contribution in [2.24, 2.45) is 7.05 Å². The number of hydrogen-bond donors (Lipinski definition) is 1. The second-order valence-electron chi connectivity index (χ2n) is 4.40. The Bertz CT molecular complexity index is 437. The van der Waals surface area contributed by atoms with Gasteiger partial charge in [-0.25, -0.2) is 4.98 Å². The summed E-state index contributed by atoms with van der Waals surface area (Å²) in [4.78, 5) is 4.01. The summed E-state index contributed by atoms with van der Waals surface area (Å²) >= 11 is 0. The van der Waals surface area contributed by atoms with E-state index in [0.29, 0.717) is 19.0 Å². The van der Waals surface area contributed by atoms with Crippen molar-refractivity contribution < 1.29 is 18.7 Å². The first-order valence-electron chi connectivity index (χ1n) is 6.29. The van der Waals surface area contributed by atoms with E-state index in [0.717, 1.165) is 0 Å². The average molecular weight is 291 g/mol. The molecule has 0 bridgehead atoms. The molecule has 1 N–H and O–H groups in total. The number of aromatic nitrogens is 3. The summed E-state index contributed by atoms with van der Waals surface area (Å²) in [6.07, 6.45) is 1.72. The molecule has 8 heteroatoms. The fourth-order valence-electron chi connectivity index (χ4n) is 1.81. The summed E-state index contributed by atoms with van der Waals surface area (Å²) < 4.78 is 24.2. The fraction of sp³-hybridized carbons (Fsp3) is 0.818. The van der Waals surface area contributed by atoms with Crippen molar-refractivity contribution in [3.05, 3.63) is 12.2 Å². The van der Waals surface area contributed by atoms with Crippen molar-refractivity contribution in [2.75, 3.05) is 19.4 Å². The van der Waals surface area contributed by atoms with E-state index < -0.39 is 13.2 Å². The lowest BCUT2D eigenvalue weighted by Gasteiger charge is -2.24. The SMILES string of the molecule is CCOP(=O)(CCC(C)(O)c1ncnn1C)OCC. The lowest BCUT2D eigenvalue weighted by Crippen LogP contribution is -2.27. The van der Waals surface area contributed by atoms with E-state index in [1.807, 2.05) is 0 Å². The molecule has 1 rings (SSSR count). The van der Waals surface area contributed by atoms with Crippen LogP contribution in [0.25, 0.3) is 0 Å². The highest BCUT2D eigenvalue weighted by Crippen LogP contribution is 2.49. The van der Waals surface area contributed by atoms with Crippen LogP contribution in [0.4, 0.5) is 0 Å². The molecule has 0 saturated carbocycles. The Kier molecular flexibility index (Phi) is 5.67. The van der Waals surface area contributed by atoms with Crippen molar-refractivity contribution in [3.63, 3.8) is 0 Å². The first-order chi connectivity index (χ1) is 8.84. The molecule has 0 radical (unpaired) electrons. The zero-order valence-electron chi connectivity index (χ0n) is 11.9. The lowest BCUT2D eigenvalue weighted by molar-refractivity contribution is 0.0386. The van der Waals surface area contributed by atoms with Gasteiger partial charge in [0.15, 0.2) is 5.82 Å². The van der Waals surface area contributed by atoms with E-state index in [9.17, 15) is 9.67 Å². The molecule has 0 aliphatic rings. The predicted molar refractivity (Wildman–Crippen MR) is 70.9 cm³/mol. The maximum Gasteiger partial charge on any atom is 0.330 e. The molecule has 0 amide bonds. The average Bonchev–Trinajstić information content (AvgIpc) is 2.75. The first-order valence-corrected chi connectivity index (χ1v) is 8.02. The van der Waals surface area contributed by atoms with Crippen molar-refractivity contribution >= 4 is 7.60 Å². The maximum absolute atomic E-state index is 12.3. The van der Waals surface area contributed by atoms with Gasteiger partial charge in [-0.15, -0.1) is 0 Å². The Morgan fingerprint density at radius 3 is 2.42 bits per heavy atom. The molecule has 1 heterocycles. The first kappa shape index (κ1) is 16.3. The molecule has 1 atom stereocenters. The maximum atomic E-state index is 12.3. The third-order valence-electron chi connectivity index (χ3n) is 2.72. The van der Waals surface area contributed by atoms with Gasteiger partial charge in [-0.2, -0.15) is 5.10 Å². The summed E-state index contributed by atoms with van der Waals surface area (Å²) in [6, 6.07) is 0. The van der Waals surface area contributed by atoms with E-state index in [4.69, 9.17) is 9.05 Å². The van der Waals surface area contributed by atoms with E-state index >= 15 is 0 Å².